The molecule has 39 heavy (non-hydrogen) atoms. The van der Waals surface area contributed by atoms with E-state index in [1.807, 2.05) is 20.8 Å². The zero-order valence-corrected chi connectivity index (χ0v) is 23.4. The van der Waals surface area contributed by atoms with Gasteiger partial charge in [-0.3, -0.25) is 14.5 Å². The number of carbonyl (C=O) groups excluding carboxylic acids is 2. The van der Waals surface area contributed by atoms with E-state index in [0.717, 1.165) is 6.07 Å². The standard InChI is InChI=1S/C28H32F2N4O4S/c1-28(2,3)26-24-25(20-11-6-17(29)14-21(20)30)39-16-23(36)33(15-22(35)31-12-13-37-4)27(24)34(32-26)18-7-9-19(38-5)10-8-18/h6-11,14,25H,12-13,15-16H2,1-5H3,(H,31,35). The Morgan fingerprint density at radius 1 is 1.15 bits per heavy atom. The van der Waals surface area contributed by atoms with Crippen molar-refractivity contribution in [1.82, 2.24) is 15.1 Å². The lowest BCUT2D eigenvalue weighted by atomic mass is 9.87. The highest BCUT2D eigenvalue weighted by Gasteiger charge is 2.40. The van der Waals surface area contributed by atoms with Crippen LogP contribution < -0.4 is 15.0 Å². The summed E-state index contributed by atoms with van der Waals surface area (Å²) in [6.07, 6.45) is 0. The van der Waals surface area contributed by atoms with Crippen LogP contribution in [0.2, 0.25) is 0 Å². The van der Waals surface area contributed by atoms with Crippen LogP contribution in [0.3, 0.4) is 0 Å². The van der Waals surface area contributed by atoms with Gasteiger partial charge in [0, 0.05) is 36.3 Å². The third kappa shape index (κ3) is 6.09. The van der Waals surface area contributed by atoms with Gasteiger partial charge < -0.3 is 14.8 Å². The summed E-state index contributed by atoms with van der Waals surface area (Å²) < 4.78 is 41.0. The van der Waals surface area contributed by atoms with Crippen LogP contribution in [0.1, 0.15) is 42.8 Å². The number of hydrogen-bond donors (Lipinski definition) is 1. The zero-order chi connectivity index (χ0) is 28.3. The molecule has 2 amide bonds. The molecule has 8 nitrogen and oxygen atoms in total. The molecule has 208 valence electrons. The highest BCUT2D eigenvalue weighted by Crippen LogP contribution is 2.49. The first kappa shape index (κ1) is 28.6. The number of rotatable bonds is 8. The number of hydrogen-bond acceptors (Lipinski definition) is 6. The van der Waals surface area contributed by atoms with Gasteiger partial charge in [-0.1, -0.05) is 26.8 Å². The van der Waals surface area contributed by atoms with Crippen molar-refractivity contribution in [3.63, 3.8) is 0 Å². The lowest BCUT2D eigenvalue weighted by Gasteiger charge is -2.24. The monoisotopic (exact) mass is 558 g/mol. The van der Waals surface area contributed by atoms with Gasteiger partial charge in [0.2, 0.25) is 11.8 Å². The van der Waals surface area contributed by atoms with Crippen molar-refractivity contribution in [3.8, 4) is 11.4 Å². The summed E-state index contributed by atoms with van der Waals surface area (Å²) in [5.74, 6) is -1.12. The highest BCUT2D eigenvalue weighted by molar-refractivity contribution is 8.00. The summed E-state index contributed by atoms with van der Waals surface area (Å²) in [5.41, 5.74) is 1.59. The molecule has 0 aliphatic carbocycles. The molecular formula is C28H32F2N4O4S. The van der Waals surface area contributed by atoms with E-state index < -0.39 is 22.3 Å². The minimum atomic E-state index is -0.714. The Labute approximate surface area is 230 Å². The maximum atomic E-state index is 15.2. The minimum absolute atomic E-state index is 0.0201. The summed E-state index contributed by atoms with van der Waals surface area (Å²) in [6, 6.07) is 10.6. The van der Waals surface area contributed by atoms with Crippen LogP contribution in [0, 0.1) is 11.6 Å². The number of methoxy groups -OCH3 is 2. The lowest BCUT2D eigenvalue weighted by molar-refractivity contribution is -0.123. The first-order valence-electron chi connectivity index (χ1n) is 12.5. The molecule has 2 aromatic carbocycles. The SMILES string of the molecule is COCCNC(=O)CN1C(=O)CSC(c2ccc(F)cc2F)c2c(C(C)(C)C)nn(-c3ccc(OC)cc3)c21. The van der Waals surface area contributed by atoms with Crippen molar-refractivity contribution in [1.29, 1.82) is 0 Å². The van der Waals surface area contributed by atoms with Crippen molar-refractivity contribution in [3.05, 3.63) is 70.9 Å². The van der Waals surface area contributed by atoms with E-state index in [1.165, 1.54) is 35.9 Å². The fraction of sp³-hybridized carbons (Fsp3) is 0.393. The number of anilines is 1. The number of fused-ring (bicyclic) bond motifs is 1. The molecule has 11 heteroatoms. The molecule has 0 fully saturated rings. The largest absolute Gasteiger partial charge is 0.497 e. The normalized spacial score (nSPS) is 15.6. The van der Waals surface area contributed by atoms with Crippen molar-refractivity contribution < 1.29 is 27.8 Å². The molecule has 0 radical (unpaired) electrons. The second-order valence-electron chi connectivity index (χ2n) is 10.1. The van der Waals surface area contributed by atoms with Crippen LogP contribution in [0.25, 0.3) is 5.69 Å². The van der Waals surface area contributed by atoms with Crippen molar-refractivity contribution in [2.45, 2.75) is 31.4 Å². The Kier molecular flexibility index (Phi) is 8.60. The fourth-order valence-electron chi connectivity index (χ4n) is 4.43. The molecule has 0 saturated carbocycles. The molecule has 1 N–H and O–H groups in total. The maximum Gasteiger partial charge on any atom is 0.240 e. The van der Waals surface area contributed by atoms with Crippen LogP contribution in [0.5, 0.6) is 5.75 Å². The van der Waals surface area contributed by atoms with E-state index in [4.69, 9.17) is 14.6 Å². The van der Waals surface area contributed by atoms with Crippen molar-refractivity contribution in [2.75, 3.05) is 44.6 Å². The second kappa shape index (κ2) is 11.7. The summed E-state index contributed by atoms with van der Waals surface area (Å²) >= 11 is 1.23. The number of thioether (sulfide) groups is 1. The number of benzene rings is 2. The lowest BCUT2D eigenvalue weighted by Crippen LogP contribution is -2.43. The Hall–Kier alpha value is -3.44. The molecule has 1 aromatic heterocycles. The number of halogens is 2. The average Bonchev–Trinajstić information content (AvgIpc) is 3.23. The Morgan fingerprint density at radius 2 is 1.87 bits per heavy atom. The molecule has 1 aliphatic heterocycles. The molecular weight excluding hydrogens is 526 g/mol. The molecule has 1 unspecified atom stereocenters. The number of carbonyl (C=O) groups is 2. The predicted molar refractivity (Wildman–Crippen MR) is 147 cm³/mol. The number of nitrogens with zero attached hydrogens (tertiary/aromatic N) is 3. The topological polar surface area (TPSA) is 85.7 Å². The van der Waals surface area contributed by atoms with Gasteiger partial charge in [0.25, 0.3) is 0 Å². The van der Waals surface area contributed by atoms with Gasteiger partial charge in [-0.15, -0.1) is 11.8 Å². The first-order chi connectivity index (χ1) is 18.5. The summed E-state index contributed by atoms with van der Waals surface area (Å²) in [4.78, 5) is 27.9. The van der Waals surface area contributed by atoms with E-state index in [-0.39, 0.29) is 36.2 Å². The van der Waals surface area contributed by atoms with Crippen molar-refractivity contribution in [2.24, 2.45) is 0 Å². The van der Waals surface area contributed by atoms with E-state index in [9.17, 15) is 14.0 Å². The second-order valence-corrected chi connectivity index (χ2v) is 11.2. The van der Waals surface area contributed by atoms with Crippen LogP contribution in [-0.4, -0.2) is 61.3 Å². The molecule has 0 spiro atoms. The molecule has 1 aliphatic rings. The van der Waals surface area contributed by atoms with Gasteiger partial charge >= 0.3 is 0 Å². The molecule has 0 saturated heterocycles. The zero-order valence-electron chi connectivity index (χ0n) is 22.6. The third-order valence-corrected chi connectivity index (χ3v) is 7.53. The number of ether oxygens (including phenoxy) is 2. The maximum absolute atomic E-state index is 15.2. The van der Waals surface area contributed by atoms with Gasteiger partial charge in [0.1, 0.15) is 29.7 Å². The first-order valence-corrected chi connectivity index (χ1v) is 13.5. The smallest absolute Gasteiger partial charge is 0.240 e. The Bertz CT molecular complexity index is 1350. The third-order valence-electron chi connectivity index (χ3n) is 6.29. The van der Waals surface area contributed by atoms with E-state index in [2.05, 4.69) is 5.32 Å². The van der Waals surface area contributed by atoms with Crippen LogP contribution in [0.15, 0.2) is 42.5 Å². The quantitative estimate of drug-likeness (QED) is 0.413. The molecule has 4 rings (SSSR count). The highest BCUT2D eigenvalue weighted by atomic mass is 32.2. The molecule has 1 atom stereocenters. The van der Waals surface area contributed by atoms with E-state index in [1.54, 1.807) is 36.1 Å². The Morgan fingerprint density at radius 3 is 2.49 bits per heavy atom. The van der Waals surface area contributed by atoms with Crippen LogP contribution in [-0.2, 0) is 19.7 Å². The van der Waals surface area contributed by atoms with E-state index in [0.29, 0.717) is 35.1 Å². The van der Waals surface area contributed by atoms with Gasteiger partial charge in [0.15, 0.2) is 0 Å². The van der Waals surface area contributed by atoms with Crippen LogP contribution in [0.4, 0.5) is 14.6 Å². The van der Waals surface area contributed by atoms with E-state index >= 15 is 4.39 Å². The minimum Gasteiger partial charge on any atom is -0.497 e. The molecule has 2 heterocycles. The number of nitrogens with one attached hydrogen (secondary N) is 1. The predicted octanol–water partition coefficient (Wildman–Crippen LogP) is 4.39. The average molecular weight is 559 g/mol. The summed E-state index contributed by atoms with van der Waals surface area (Å²) in [6.45, 7) is 6.28. The van der Waals surface area contributed by atoms with Crippen LogP contribution >= 0.6 is 11.8 Å². The molecule has 3 aromatic rings. The summed E-state index contributed by atoms with van der Waals surface area (Å²) in [7, 11) is 3.10. The fourth-order valence-corrected chi connectivity index (χ4v) is 5.65. The molecule has 0 bridgehead atoms. The van der Waals surface area contributed by atoms with Gasteiger partial charge in [0.05, 0.1) is 36.1 Å². The summed E-state index contributed by atoms with van der Waals surface area (Å²) in [5, 5.41) is 7.03. The number of aromatic nitrogens is 2. The Balaban J connectivity index is 1.97. The van der Waals surface area contributed by atoms with Gasteiger partial charge in [-0.05, 0) is 30.3 Å². The number of amides is 2. The van der Waals surface area contributed by atoms with Gasteiger partial charge in [-0.25, -0.2) is 13.5 Å². The van der Waals surface area contributed by atoms with Gasteiger partial charge in [-0.2, -0.15) is 5.10 Å². The van der Waals surface area contributed by atoms with Crippen molar-refractivity contribution >= 4 is 29.4 Å².